The molecule has 1 saturated carbocycles. The van der Waals surface area contributed by atoms with Gasteiger partial charge in [-0.1, -0.05) is 18.6 Å². The molecule has 0 saturated heterocycles. The standard InChI is InChI=1S/C11H12O2/c1-3-8(4-1)9-5-2-6-10-11(9)13-7-12-10/h2,5-6,8H,1,3-4,7H2. The van der Waals surface area contributed by atoms with Crippen LogP contribution in [0, 0.1) is 0 Å². The van der Waals surface area contributed by atoms with Crippen molar-refractivity contribution in [1.29, 1.82) is 0 Å². The van der Waals surface area contributed by atoms with Crippen LogP contribution in [0.25, 0.3) is 0 Å². The van der Waals surface area contributed by atoms with Crippen LogP contribution in [0.15, 0.2) is 18.2 Å². The molecule has 0 atom stereocenters. The molecule has 13 heavy (non-hydrogen) atoms. The van der Waals surface area contributed by atoms with Gasteiger partial charge in [-0.2, -0.15) is 0 Å². The second-order valence-corrected chi connectivity index (χ2v) is 3.71. The average Bonchev–Trinajstić information content (AvgIpc) is 2.49. The molecule has 68 valence electrons. The van der Waals surface area contributed by atoms with Crippen LogP contribution in [0.1, 0.15) is 30.7 Å². The largest absolute Gasteiger partial charge is 0.454 e. The van der Waals surface area contributed by atoms with Gasteiger partial charge in [-0.15, -0.1) is 0 Å². The van der Waals surface area contributed by atoms with Gasteiger partial charge in [0.1, 0.15) is 0 Å². The smallest absolute Gasteiger partial charge is 0.231 e. The van der Waals surface area contributed by atoms with E-state index in [0.717, 1.165) is 17.4 Å². The summed E-state index contributed by atoms with van der Waals surface area (Å²) in [6.45, 7) is 0.388. The first-order valence-electron chi connectivity index (χ1n) is 4.83. The molecule has 2 heteroatoms. The van der Waals surface area contributed by atoms with Gasteiger partial charge in [-0.3, -0.25) is 0 Å². The summed E-state index contributed by atoms with van der Waals surface area (Å²) >= 11 is 0. The Balaban J connectivity index is 2.04. The van der Waals surface area contributed by atoms with Crippen molar-refractivity contribution in [2.24, 2.45) is 0 Å². The molecule has 1 aliphatic carbocycles. The van der Waals surface area contributed by atoms with E-state index in [9.17, 15) is 0 Å². The van der Waals surface area contributed by atoms with Crippen molar-refractivity contribution < 1.29 is 9.47 Å². The van der Waals surface area contributed by atoms with E-state index in [-0.39, 0.29) is 0 Å². The van der Waals surface area contributed by atoms with Gasteiger partial charge in [0.15, 0.2) is 11.5 Å². The molecule has 0 bridgehead atoms. The van der Waals surface area contributed by atoms with Gasteiger partial charge in [0.05, 0.1) is 0 Å². The first-order valence-corrected chi connectivity index (χ1v) is 4.83. The van der Waals surface area contributed by atoms with Crippen LogP contribution in [-0.4, -0.2) is 6.79 Å². The number of para-hydroxylation sites is 1. The van der Waals surface area contributed by atoms with Crippen molar-refractivity contribution >= 4 is 0 Å². The Morgan fingerprint density at radius 1 is 1.15 bits per heavy atom. The summed E-state index contributed by atoms with van der Waals surface area (Å²) in [6.07, 6.45) is 3.97. The number of hydrogen-bond donors (Lipinski definition) is 0. The molecule has 0 spiro atoms. The van der Waals surface area contributed by atoms with Gasteiger partial charge in [-0.25, -0.2) is 0 Å². The number of fused-ring (bicyclic) bond motifs is 1. The van der Waals surface area contributed by atoms with E-state index in [1.54, 1.807) is 0 Å². The summed E-state index contributed by atoms with van der Waals surface area (Å²) in [7, 11) is 0. The van der Waals surface area contributed by atoms with Crippen molar-refractivity contribution in [3.05, 3.63) is 23.8 Å². The Kier molecular flexibility index (Phi) is 1.48. The molecule has 0 N–H and O–H groups in total. The van der Waals surface area contributed by atoms with E-state index >= 15 is 0 Å². The molecule has 0 unspecified atom stereocenters. The molecule has 1 heterocycles. The quantitative estimate of drug-likeness (QED) is 0.655. The highest BCUT2D eigenvalue weighted by atomic mass is 16.7. The van der Waals surface area contributed by atoms with Crippen molar-refractivity contribution in [3.63, 3.8) is 0 Å². The van der Waals surface area contributed by atoms with E-state index in [1.807, 2.05) is 6.07 Å². The molecule has 1 aliphatic heterocycles. The normalized spacial score (nSPS) is 20.0. The maximum absolute atomic E-state index is 5.46. The lowest BCUT2D eigenvalue weighted by molar-refractivity contribution is 0.172. The number of benzene rings is 1. The van der Waals surface area contributed by atoms with E-state index in [1.165, 1.54) is 24.8 Å². The molecule has 3 rings (SSSR count). The zero-order valence-corrected chi connectivity index (χ0v) is 7.45. The summed E-state index contributed by atoms with van der Waals surface area (Å²) in [5.74, 6) is 2.63. The van der Waals surface area contributed by atoms with Crippen molar-refractivity contribution in [3.8, 4) is 11.5 Å². The fourth-order valence-corrected chi connectivity index (χ4v) is 1.99. The van der Waals surface area contributed by atoms with Crippen LogP contribution in [0.2, 0.25) is 0 Å². The second kappa shape index (κ2) is 2.66. The summed E-state index contributed by atoms with van der Waals surface area (Å²) < 4.78 is 10.8. The topological polar surface area (TPSA) is 18.5 Å². The Morgan fingerprint density at radius 3 is 2.85 bits per heavy atom. The molecule has 1 aromatic carbocycles. The fraction of sp³-hybridized carbons (Fsp3) is 0.455. The second-order valence-electron chi connectivity index (χ2n) is 3.71. The number of rotatable bonds is 1. The van der Waals surface area contributed by atoms with Gasteiger partial charge < -0.3 is 9.47 Å². The zero-order chi connectivity index (χ0) is 8.67. The van der Waals surface area contributed by atoms with Crippen LogP contribution in [-0.2, 0) is 0 Å². The molecule has 0 aromatic heterocycles. The predicted octanol–water partition coefficient (Wildman–Crippen LogP) is 2.68. The van der Waals surface area contributed by atoms with Crippen molar-refractivity contribution in [2.75, 3.05) is 6.79 Å². The average molecular weight is 176 g/mol. The summed E-state index contributed by atoms with van der Waals surface area (Å²) in [5.41, 5.74) is 1.35. The first-order chi connectivity index (χ1) is 6.45. The van der Waals surface area contributed by atoms with Gasteiger partial charge in [0.25, 0.3) is 0 Å². The highest BCUT2D eigenvalue weighted by molar-refractivity contribution is 5.50. The van der Waals surface area contributed by atoms with Gasteiger partial charge in [0.2, 0.25) is 6.79 Å². The molecule has 1 fully saturated rings. The van der Waals surface area contributed by atoms with E-state index in [0.29, 0.717) is 6.79 Å². The minimum Gasteiger partial charge on any atom is -0.454 e. The number of ether oxygens (including phenoxy) is 2. The predicted molar refractivity (Wildman–Crippen MR) is 49.2 cm³/mol. The maximum Gasteiger partial charge on any atom is 0.231 e. The molecule has 1 aromatic rings. The van der Waals surface area contributed by atoms with Gasteiger partial charge in [-0.05, 0) is 24.8 Å². The molecular formula is C11H12O2. The molecular weight excluding hydrogens is 164 g/mol. The Labute approximate surface area is 77.5 Å². The van der Waals surface area contributed by atoms with Crippen LogP contribution in [0.4, 0.5) is 0 Å². The van der Waals surface area contributed by atoms with Crippen molar-refractivity contribution in [2.45, 2.75) is 25.2 Å². The lowest BCUT2D eigenvalue weighted by atomic mass is 9.79. The van der Waals surface area contributed by atoms with Gasteiger partial charge in [0, 0.05) is 5.56 Å². The minimum atomic E-state index is 0.388. The third kappa shape index (κ3) is 1.01. The van der Waals surface area contributed by atoms with Crippen LogP contribution >= 0.6 is 0 Å². The van der Waals surface area contributed by atoms with E-state index in [4.69, 9.17) is 9.47 Å². The fourth-order valence-electron chi connectivity index (χ4n) is 1.99. The van der Waals surface area contributed by atoms with Crippen LogP contribution < -0.4 is 9.47 Å². The maximum atomic E-state index is 5.46. The van der Waals surface area contributed by atoms with Crippen molar-refractivity contribution in [1.82, 2.24) is 0 Å². The zero-order valence-electron chi connectivity index (χ0n) is 7.45. The molecule has 0 amide bonds. The number of hydrogen-bond acceptors (Lipinski definition) is 2. The third-order valence-electron chi connectivity index (χ3n) is 2.97. The van der Waals surface area contributed by atoms with Crippen LogP contribution in [0.5, 0.6) is 11.5 Å². The third-order valence-corrected chi connectivity index (χ3v) is 2.97. The van der Waals surface area contributed by atoms with E-state index < -0.39 is 0 Å². The summed E-state index contributed by atoms with van der Waals surface area (Å²) in [5, 5.41) is 0. The highest BCUT2D eigenvalue weighted by Crippen LogP contribution is 2.45. The monoisotopic (exact) mass is 176 g/mol. The molecule has 2 aliphatic rings. The molecule has 2 nitrogen and oxygen atoms in total. The Bertz CT molecular complexity index is 329. The first kappa shape index (κ1) is 7.25. The minimum absolute atomic E-state index is 0.388. The SMILES string of the molecule is c1cc2c(c(C3CCC3)c1)OCO2. The Morgan fingerprint density at radius 2 is 2.08 bits per heavy atom. The van der Waals surface area contributed by atoms with Crippen LogP contribution in [0.3, 0.4) is 0 Å². The van der Waals surface area contributed by atoms with E-state index in [2.05, 4.69) is 12.1 Å². The lowest BCUT2D eigenvalue weighted by Crippen LogP contribution is -2.09. The van der Waals surface area contributed by atoms with Gasteiger partial charge >= 0.3 is 0 Å². The highest BCUT2D eigenvalue weighted by Gasteiger charge is 2.26. The lowest BCUT2D eigenvalue weighted by Gasteiger charge is -2.26. The summed E-state index contributed by atoms with van der Waals surface area (Å²) in [4.78, 5) is 0. The molecule has 0 radical (unpaired) electrons. The summed E-state index contributed by atoms with van der Waals surface area (Å²) in [6, 6.07) is 6.20. The Hall–Kier alpha value is -1.18.